The molecule has 1 aliphatic heterocycles. The Hall–Kier alpha value is -2.51. The summed E-state index contributed by atoms with van der Waals surface area (Å²) < 4.78 is 24.0. The van der Waals surface area contributed by atoms with Crippen LogP contribution in [-0.2, 0) is 16.1 Å². The highest BCUT2D eigenvalue weighted by molar-refractivity contribution is 5.95. The van der Waals surface area contributed by atoms with Crippen molar-refractivity contribution < 1.29 is 23.8 Å². The van der Waals surface area contributed by atoms with Crippen LogP contribution in [0.4, 0.5) is 10.1 Å². The Balaban J connectivity index is 1.64. The number of halogens is 1. The van der Waals surface area contributed by atoms with Crippen molar-refractivity contribution >= 4 is 11.6 Å². The van der Waals surface area contributed by atoms with Gasteiger partial charge < -0.3 is 19.5 Å². The zero-order valence-electron chi connectivity index (χ0n) is 14.5. The van der Waals surface area contributed by atoms with Gasteiger partial charge in [-0.3, -0.25) is 4.79 Å². The lowest BCUT2D eigenvalue weighted by molar-refractivity contribution is -0.123. The van der Waals surface area contributed by atoms with Crippen molar-refractivity contribution in [3.05, 3.63) is 53.5 Å². The first-order valence-corrected chi connectivity index (χ1v) is 8.43. The van der Waals surface area contributed by atoms with Crippen molar-refractivity contribution in [2.24, 2.45) is 0 Å². The van der Waals surface area contributed by atoms with Crippen molar-refractivity contribution in [3.63, 3.8) is 0 Å². The van der Waals surface area contributed by atoms with E-state index in [0.29, 0.717) is 36.5 Å². The number of rotatable bonds is 5. The number of nitrogens with zero attached hydrogens (tertiary/aromatic N) is 2. The van der Waals surface area contributed by atoms with Gasteiger partial charge in [0.05, 0.1) is 19.8 Å². The van der Waals surface area contributed by atoms with Crippen molar-refractivity contribution in [3.8, 4) is 5.88 Å². The van der Waals surface area contributed by atoms with Gasteiger partial charge >= 0.3 is 0 Å². The van der Waals surface area contributed by atoms with Crippen LogP contribution in [0.3, 0.4) is 0 Å². The third-order valence-electron chi connectivity index (χ3n) is 4.30. The minimum absolute atomic E-state index is 0.112. The fraction of sp³-hybridized carbons (Fsp3) is 0.368. The van der Waals surface area contributed by atoms with Crippen LogP contribution in [0, 0.1) is 5.82 Å². The zero-order chi connectivity index (χ0) is 18.5. The molecule has 2 aromatic rings. The monoisotopic (exact) mass is 360 g/mol. The molecule has 1 aliphatic rings. The first-order chi connectivity index (χ1) is 12.6. The van der Waals surface area contributed by atoms with Gasteiger partial charge in [0, 0.05) is 30.1 Å². The number of aromatic nitrogens is 1. The molecule has 1 aromatic carbocycles. The second-order valence-electron chi connectivity index (χ2n) is 6.11. The summed E-state index contributed by atoms with van der Waals surface area (Å²) in [5.41, 5.74) is 1.80. The number of carbonyl (C=O) groups excluding carboxylic acids is 1. The number of amides is 1. The lowest BCUT2D eigenvalue weighted by atomic mass is 10.0. The van der Waals surface area contributed by atoms with E-state index in [1.165, 1.54) is 18.2 Å². The average Bonchev–Trinajstić information content (AvgIpc) is 2.81. The molecule has 7 heteroatoms. The van der Waals surface area contributed by atoms with Crippen LogP contribution < -0.4 is 9.64 Å². The van der Waals surface area contributed by atoms with Gasteiger partial charge in [-0.05, 0) is 42.7 Å². The molecule has 0 bridgehead atoms. The Morgan fingerprint density at radius 2 is 2.23 bits per heavy atom. The Kier molecular flexibility index (Phi) is 5.80. The highest BCUT2D eigenvalue weighted by Gasteiger charge is 2.25. The molecule has 6 nitrogen and oxygen atoms in total. The number of hydrogen-bond acceptors (Lipinski definition) is 5. The number of aliphatic hydroxyl groups is 1. The molecule has 26 heavy (non-hydrogen) atoms. The largest absolute Gasteiger partial charge is 0.481 e. The smallest absolute Gasteiger partial charge is 0.252 e. The van der Waals surface area contributed by atoms with E-state index < -0.39 is 11.9 Å². The van der Waals surface area contributed by atoms with Gasteiger partial charge in [0.1, 0.15) is 12.4 Å². The molecule has 138 valence electrons. The summed E-state index contributed by atoms with van der Waals surface area (Å²) in [6.45, 7) is 0.594. The molecule has 1 atom stereocenters. The second-order valence-corrected chi connectivity index (χ2v) is 6.11. The van der Waals surface area contributed by atoms with Crippen LogP contribution in [0.25, 0.3) is 0 Å². The normalized spacial score (nSPS) is 16.7. The minimum Gasteiger partial charge on any atom is -0.481 e. The first kappa shape index (κ1) is 18.3. The maximum absolute atomic E-state index is 13.5. The van der Waals surface area contributed by atoms with Crippen molar-refractivity contribution in [2.75, 3.05) is 25.2 Å². The van der Waals surface area contributed by atoms with E-state index in [2.05, 4.69) is 4.98 Å². The minimum atomic E-state index is -0.773. The van der Waals surface area contributed by atoms with Gasteiger partial charge in [-0.1, -0.05) is 0 Å². The third kappa shape index (κ3) is 4.17. The number of pyridine rings is 1. The summed E-state index contributed by atoms with van der Waals surface area (Å²) >= 11 is 0. The molecule has 0 saturated carbocycles. The van der Waals surface area contributed by atoms with E-state index in [1.807, 2.05) is 6.07 Å². The van der Waals surface area contributed by atoms with Crippen LogP contribution in [0.1, 0.15) is 30.1 Å². The number of benzene rings is 1. The van der Waals surface area contributed by atoms with E-state index in [0.717, 1.165) is 5.56 Å². The van der Waals surface area contributed by atoms with Crippen LogP contribution in [0.5, 0.6) is 5.88 Å². The molecular formula is C19H21FN2O4. The first-order valence-electron chi connectivity index (χ1n) is 8.43. The fourth-order valence-electron chi connectivity index (χ4n) is 2.97. The number of anilines is 1. The quantitative estimate of drug-likeness (QED) is 0.887. The summed E-state index contributed by atoms with van der Waals surface area (Å²) in [6.07, 6.45) is 1.97. The summed E-state index contributed by atoms with van der Waals surface area (Å²) in [5, 5.41) is 10.2. The maximum Gasteiger partial charge on any atom is 0.252 e. The fourth-order valence-corrected chi connectivity index (χ4v) is 2.97. The molecule has 0 saturated heterocycles. The lowest BCUT2D eigenvalue weighted by Crippen LogP contribution is -2.34. The number of methoxy groups -OCH3 is 1. The van der Waals surface area contributed by atoms with Gasteiger partial charge in [0.15, 0.2) is 0 Å². The predicted molar refractivity (Wildman–Crippen MR) is 93.4 cm³/mol. The highest BCUT2D eigenvalue weighted by Crippen LogP contribution is 2.33. The highest BCUT2D eigenvalue weighted by atomic mass is 19.1. The molecule has 3 rings (SSSR count). The van der Waals surface area contributed by atoms with Crippen LogP contribution >= 0.6 is 0 Å². The number of hydrogen-bond donors (Lipinski definition) is 1. The molecule has 0 aliphatic carbocycles. The molecule has 1 aromatic heterocycles. The van der Waals surface area contributed by atoms with Gasteiger partial charge in [-0.25, -0.2) is 9.37 Å². The number of ether oxygens (including phenoxy) is 2. The lowest BCUT2D eigenvalue weighted by Gasteiger charge is -2.23. The second kappa shape index (κ2) is 8.25. The van der Waals surface area contributed by atoms with Crippen LogP contribution in [0.15, 0.2) is 36.5 Å². The summed E-state index contributed by atoms with van der Waals surface area (Å²) in [4.78, 5) is 18.2. The summed E-state index contributed by atoms with van der Waals surface area (Å²) in [5.74, 6) is -0.148. The Labute approximate surface area is 151 Å². The van der Waals surface area contributed by atoms with Gasteiger partial charge in [0.25, 0.3) is 5.91 Å². The van der Waals surface area contributed by atoms with Gasteiger partial charge in [-0.2, -0.15) is 0 Å². The molecule has 1 amide bonds. The van der Waals surface area contributed by atoms with Crippen LogP contribution in [-0.4, -0.2) is 36.3 Å². The van der Waals surface area contributed by atoms with E-state index in [9.17, 15) is 14.3 Å². The van der Waals surface area contributed by atoms with Crippen molar-refractivity contribution in [2.45, 2.75) is 25.6 Å². The zero-order valence-corrected chi connectivity index (χ0v) is 14.5. The maximum atomic E-state index is 13.5. The summed E-state index contributed by atoms with van der Waals surface area (Å²) in [7, 11) is 1.54. The molecule has 1 N–H and O–H groups in total. The van der Waals surface area contributed by atoms with Crippen molar-refractivity contribution in [1.82, 2.24) is 4.98 Å². The predicted octanol–water partition coefficient (Wildman–Crippen LogP) is 2.61. The van der Waals surface area contributed by atoms with Gasteiger partial charge in [0.2, 0.25) is 5.88 Å². The Morgan fingerprint density at radius 1 is 1.38 bits per heavy atom. The standard InChI is InChI=1S/C19H21FN2O4/c1-25-18-7-4-13(10-21-18)11-26-12-19(24)22-8-2-3-17(23)15-9-14(20)5-6-16(15)22/h4-7,9-10,17,23H,2-3,8,11-12H2,1H3. The van der Waals surface area contributed by atoms with E-state index in [1.54, 1.807) is 24.3 Å². The molecule has 0 radical (unpaired) electrons. The molecule has 0 spiro atoms. The topological polar surface area (TPSA) is 71.9 Å². The van der Waals surface area contributed by atoms with E-state index in [-0.39, 0.29) is 19.1 Å². The van der Waals surface area contributed by atoms with E-state index in [4.69, 9.17) is 9.47 Å². The molecule has 2 heterocycles. The van der Waals surface area contributed by atoms with Gasteiger partial charge in [-0.15, -0.1) is 0 Å². The summed E-state index contributed by atoms with van der Waals surface area (Å²) in [6, 6.07) is 7.65. The number of fused-ring (bicyclic) bond motifs is 1. The third-order valence-corrected chi connectivity index (χ3v) is 4.30. The molecular weight excluding hydrogens is 339 g/mol. The Bertz CT molecular complexity index is 767. The van der Waals surface area contributed by atoms with Crippen molar-refractivity contribution in [1.29, 1.82) is 0 Å². The van der Waals surface area contributed by atoms with Crippen LogP contribution in [0.2, 0.25) is 0 Å². The van der Waals surface area contributed by atoms with E-state index >= 15 is 0 Å². The Morgan fingerprint density at radius 3 is 2.96 bits per heavy atom. The SMILES string of the molecule is COc1ccc(COCC(=O)N2CCCC(O)c3cc(F)ccc32)cn1. The molecule has 0 fully saturated rings. The average molecular weight is 360 g/mol. The number of aliphatic hydroxyl groups excluding tert-OH is 1. The molecule has 1 unspecified atom stereocenters. The number of carbonyl (C=O) groups is 1.